The largest absolute Gasteiger partial charge is 0.358 e. The van der Waals surface area contributed by atoms with Gasteiger partial charge in [0.05, 0.1) is 21.8 Å². The lowest BCUT2D eigenvalue weighted by Crippen LogP contribution is -2.15. The fraction of sp³-hybridized carbons (Fsp3) is 0.200. The molecule has 0 bridgehead atoms. The summed E-state index contributed by atoms with van der Waals surface area (Å²) in [5.41, 5.74) is 1.74. The van der Waals surface area contributed by atoms with Crippen molar-refractivity contribution in [2.45, 2.75) is 22.6 Å². The average molecular weight is 586 g/mol. The van der Waals surface area contributed by atoms with Crippen LogP contribution in [0.25, 0.3) is 0 Å². The number of ether oxygens (including phenoxy) is 1. The zero-order chi connectivity index (χ0) is 25.8. The molecule has 0 spiro atoms. The van der Waals surface area contributed by atoms with E-state index in [2.05, 4.69) is 10.6 Å². The third-order valence-corrected chi connectivity index (χ3v) is 7.84. The van der Waals surface area contributed by atoms with E-state index < -0.39 is 16.1 Å². The molecule has 3 aromatic carbocycles. The maximum atomic E-state index is 13.4. The molecule has 36 heavy (non-hydrogen) atoms. The van der Waals surface area contributed by atoms with E-state index in [1.165, 1.54) is 6.07 Å². The summed E-state index contributed by atoms with van der Waals surface area (Å²) in [6.07, 6.45) is -0.654. The van der Waals surface area contributed by atoms with Crippen molar-refractivity contribution in [3.63, 3.8) is 0 Å². The van der Waals surface area contributed by atoms with Crippen molar-refractivity contribution in [2.75, 3.05) is 10.6 Å². The first-order valence-corrected chi connectivity index (χ1v) is 12.5. The summed E-state index contributed by atoms with van der Waals surface area (Å²) in [5.74, 6) is -1.53. The molecule has 5 nitrogen and oxygen atoms in total. The van der Waals surface area contributed by atoms with Crippen molar-refractivity contribution >= 4 is 75.3 Å². The van der Waals surface area contributed by atoms with Gasteiger partial charge in [0.2, 0.25) is 0 Å². The highest BCUT2D eigenvalue weighted by Crippen LogP contribution is 2.69. The van der Waals surface area contributed by atoms with Gasteiger partial charge < -0.3 is 15.4 Å². The number of nitrogens with one attached hydrogen (secondary N) is 2. The smallest absolute Gasteiger partial charge is 0.257 e. The van der Waals surface area contributed by atoms with Crippen molar-refractivity contribution in [3.8, 4) is 6.07 Å². The minimum absolute atomic E-state index is 0.00594. The minimum Gasteiger partial charge on any atom is -0.358 e. The monoisotopic (exact) mass is 583 g/mol. The molecule has 1 heterocycles. The fourth-order valence-corrected chi connectivity index (χ4v) is 5.96. The number of epoxide rings is 1. The van der Waals surface area contributed by atoms with Crippen LogP contribution in [-0.4, -0.2) is 22.6 Å². The SMILES string of the molecule is N#Cc1cc(F)ccc1NC(=O)c1cc(NC2OC2[C@@H]2[C@@H](c3cc(Cl)cc(Cl)c3)C2(Cl)Cl)ccc1Cl. The molecular weight excluding hydrogens is 571 g/mol. The molecule has 1 aliphatic carbocycles. The molecule has 184 valence electrons. The van der Waals surface area contributed by atoms with E-state index in [0.29, 0.717) is 15.7 Å². The molecule has 11 heteroatoms. The van der Waals surface area contributed by atoms with Gasteiger partial charge in [-0.15, -0.1) is 23.2 Å². The Morgan fingerprint density at radius 3 is 2.44 bits per heavy atom. The predicted molar refractivity (Wildman–Crippen MR) is 140 cm³/mol. The number of alkyl halides is 2. The first-order valence-electron chi connectivity index (χ1n) is 10.6. The number of anilines is 2. The summed E-state index contributed by atoms with van der Waals surface area (Å²) in [4.78, 5) is 12.8. The molecule has 2 N–H and O–H groups in total. The second-order valence-corrected chi connectivity index (χ2v) is 11.2. The molecule has 3 aromatic rings. The van der Waals surface area contributed by atoms with Crippen molar-refractivity contribution < 1.29 is 13.9 Å². The normalized spacial score (nSPS) is 23.5. The van der Waals surface area contributed by atoms with Crippen molar-refractivity contribution in [3.05, 3.63) is 92.2 Å². The van der Waals surface area contributed by atoms with Crippen molar-refractivity contribution in [2.24, 2.45) is 5.92 Å². The Kier molecular flexibility index (Phi) is 6.76. The topological polar surface area (TPSA) is 77.5 Å². The summed E-state index contributed by atoms with van der Waals surface area (Å²) in [6, 6.07) is 15.4. The number of carbonyl (C=O) groups is 1. The lowest BCUT2D eigenvalue weighted by molar-refractivity contribution is 0.102. The van der Waals surface area contributed by atoms with Gasteiger partial charge in [-0.3, -0.25) is 4.79 Å². The zero-order valence-corrected chi connectivity index (χ0v) is 21.8. The van der Waals surface area contributed by atoms with Crippen LogP contribution in [0.4, 0.5) is 15.8 Å². The highest BCUT2D eigenvalue weighted by Gasteiger charge is 2.72. The van der Waals surface area contributed by atoms with Gasteiger partial charge in [-0.25, -0.2) is 4.39 Å². The molecule has 1 aliphatic heterocycles. The molecular formula is C25H15Cl5FN3O2. The Hall–Kier alpha value is -2.24. The van der Waals surface area contributed by atoms with E-state index in [1.807, 2.05) is 6.07 Å². The summed E-state index contributed by atoms with van der Waals surface area (Å²) in [5, 5.41) is 16.2. The van der Waals surface area contributed by atoms with Gasteiger partial charge in [-0.05, 0) is 60.2 Å². The Morgan fingerprint density at radius 2 is 1.75 bits per heavy atom. The summed E-state index contributed by atoms with van der Waals surface area (Å²) in [7, 11) is 0. The molecule has 5 rings (SSSR count). The van der Waals surface area contributed by atoms with Crippen LogP contribution in [0.1, 0.15) is 27.4 Å². The number of amides is 1. The van der Waals surface area contributed by atoms with Crippen molar-refractivity contribution in [1.82, 2.24) is 0 Å². The standard InChI is InChI=1S/C25H15Cl5FN3O2/c26-13-5-11(6-14(27)8-13)20-21(25(20,29)30)22-24(36-22)33-16-2-3-18(28)17(9-16)23(35)34-19-4-1-15(31)7-12(19)10-32/h1-9,20-22,24,33H,(H,34,35)/t20-,21+,22?,24?/m1/s1. The van der Waals surface area contributed by atoms with Crippen LogP contribution in [0.15, 0.2) is 54.6 Å². The van der Waals surface area contributed by atoms with Crippen LogP contribution < -0.4 is 10.6 Å². The van der Waals surface area contributed by atoms with E-state index in [0.717, 1.165) is 17.7 Å². The number of hydrogen-bond acceptors (Lipinski definition) is 4. The van der Waals surface area contributed by atoms with E-state index in [4.69, 9.17) is 62.7 Å². The third-order valence-electron chi connectivity index (χ3n) is 6.10. The van der Waals surface area contributed by atoms with E-state index in [-0.39, 0.29) is 46.0 Å². The maximum absolute atomic E-state index is 13.4. The maximum Gasteiger partial charge on any atom is 0.257 e. The van der Waals surface area contributed by atoms with Gasteiger partial charge in [-0.1, -0.05) is 34.8 Å². The Morgan fingerprint density at radius 1 is 1.03 bits per heavy atom. The molecule has 1 amide bonds. The Bertz CT molecular complexity index is 1410. The lowest BCUT2D eigenvalue weighted by Gasteiger charge is -2.11. The quantitative estimate of drug-likeness (QED) is 0.230. The van der Waals surface area contributed by atoms with Crippen LogP contribution in [0, 0.1) is 23.1 Å². The van der Waals surface area contributed by atoms with Crippen LogP contribution in [0.5, 0.6) is 0 Å². The lowest BCUT2D eigenvalue weighted by atomic mass is 10.1. The number of nitriles is 1. The van der Waals surface area contributed by atoms with E-state index in [9.17, 15) is 14.4 Å². The molecule has 2 unspecified atom stereocenters. The number of halogens is 6. The Labute approximate surface area is 231 Å². The molecule has 0 aromatic heterocycles. The molecule has 4 atom stereocenters. The fourth-order valence-electron chi connectivity index (χ4n) is 4.32. The number of benzene rings is 3. The minimum atomic E-state index is -1.03. The highest BCUT2D eigenvalue weighted by atomic mass is 35.5. The predicted octanol–water partition coefficient (Wildman–Crippen LogP) is 7.63. The molecule has 0 radical (unpaired) electrons. The van der Waals surface area contributed by atoms with Gasteiger partial charge in [-0.2, -0.15) is 5.26 Å². The number of carbonyl (C=O) groups excluding carboxylic acids is 1. The molecule has 2 fully saturated rings. The van der Waals surface area contributed by atoms with Gasteiger partial charge in [0.15, 0.2) is 6.23 Å². The zero-order valence-electron chi connectivity index (χ0n) is 18.0. The average Bonchev–Trinajstić information content (AvgIpc) is 3.69. The molecule has 1 saturated heterocycles. The number of hydrogen-bond donors (Lipinski definition) is 2. The van der Waals surface area contributed by atoms with Gasteiger partial charge in [0.1, 0.15) is 22.3 Å². The van der Waals surface area contributed by atoms with Crippen LogP contribution in [0.2, 0.25) is 15.1 Å². The van der Waals surface area contributed by atoms with Gasteiger partial charge in [0, 0.05) is 27.6 Å². The number of nitrogens with zero attached hydrogens (tertiary/aromatic N) is 1. The summed E-state index contributed by atoms with van der Waals surface area (Å²) in [6.45, 7) is 0. The summed E-state index contributed by atoms with van der Waals surface area (Å²) >= 11 is 31.6. The van der Waals surface area contributed by atoms with Gasteiger partial charge in [0.25, 0.3) is 5.91 Å². The Balaban J connectivity index is 1.28. The first kappa shape index (κ1) is 25.4. The second kappa shape index (κ2) is 9.57. The molecule has 2 aliphatic rings. The number of rotatable bonds is 6. The summed E-state index contributed by atoms with van der Waals surface area (Å²) < 4.78 is 18.2. The van der Waals surface area contributed by atoms with Crippen LogP contribution in [0.3, 0.4) is 0 Å². The van der Waals surface area contributed by atoms with Gasteiger partial charge >= 0.3 is 0 Å². The van der Waals surface area contributed by atoms with E-state index in [1.54, 1.807) is 36.4 Å². The second-order valence-electron chi connectivity index (χ2n) is 8.50. The molecule has 1 saturated carbocycles. The van der Waals surface area contributed by atoms with Crippen molar-refractivity contribution in [1.29, 1.82) is 5.26 Å². The highest BCUT2D eigenvalue weighted by molar-refractivity contribution is 6.52. The van der Waals surface area contributed by atoms with E-state index >= 15 is 0 Å². The van der Waals surface area contributed by atoms with Crippen LogP contribution in [-0.2, 0) is 4.74 Å². The first-order chi connectivity index (χ1) is 17.1. The van der Waals surface area contributed by atoms with Crippen LogP contribution >= 0.6 is 58.0 Å². The third kappa shape index (κ3) is 4.97.